The molecular formula is C15H22N2O3S. The molecule has 6 heteroatoms. The van der Waals surface area contributed by atoms with Crippen LogP contribution in [-0.4, -0.2) is 38.0 Å². The Kier molecular flexibility index (Phi) is 5.00. The lowest BCUT2D eigenvalue weighted by Gasteiger charge is -2.30. The van der Waals surface area contributed by atoms with Gasteiger partial charge in [0.05, 0.1) is 12.3 Å². The molecule has 0 aliphatic carbocycles. The summed E-state index contributed by atoms with van der Waals surface area (Å²) in [6.07, 6.45) is 2.38. The van der Waals surface area contributed by atoms with Crippen molar-refractivity contribution in [3.05, 3.63) is 35.9 Å². The minimum atomic E-state index is -3.14. The maximum atomic E-state index is 12.3. The van der Waals surface area contributed by atoms with E-state index in [4.69, 9.17) is 0 Å². The second-order valence-corrected chi connectivity index (χ2v) is 7.56. The van der Waals surface area contributed by atoms with Crippen molar-refractivity contribution >= 4 is 15.9 Å². The number of nitrogens with zero attached hydrogens (tertiary/aromatic N) is 1. The van der Waals surface area contributed by atoms with Crippen LogP contribution in [0.4, 0.5) is 0 Å². The zero-order chi connectivity index (χ0) is 15.5. The van der Waals surface area contributed by atoms with Crippen molar-refractivity contribution in [3.8, 4) is 0 Å². The van der Waals surface area contributed by atoms with E-state index in [0.29, 0.717) is 25.9 Å². The van der Waals surface area contributed by atoms with Gasteiger partial charge in [-0.05, 0) is 25.3 Å². The highest BCUT2D eigenvalue weighted by Crippen LogP contribution is 2.21. The Morgan fingerprint density at radius 2 is 1.81 bits per heavy atom. The van der Waals surface area contributed by atoms with Crippen LogP contribution < -0.4 is 5.32 Å². The molecule has 1 unspecified atom stereocenters. The van der Waals surface area contributed by atoms with Crippen LogP contribution in [0.3, 0.4) is 0 Å². The Bertz CT molecular complexity index is 578. The minimum Gasteiger partial charge on any atom is -0.349 e. The topological polar surface area (TPSA) is 66.5 Å². The molecule has 1 fully saturated rings. The predicted octanol–water partition coefficient (Wildman–Crippen LogP) is 1.54. The van der Waals surface area contributed by atoms with Gasteiger partial charge in [0.25, 0.3) is 0 Å². The van der Waals surface area contributed by atoms with E-state index in [1.165, 1.54) is 10.6 Å². The normalized spacial score (nSPS) is 19.1. The van der Waals surface area contributed by atoms with E-state index < -0.39 is 10.0 Å². The summed E-state index contributed by atoms with van der Waals surface area (Å²) >= 11 is 0. The van der Waals surface area contributed by atoms with Crippen molar-refractivity contribution in [1.82, 2.24) is 9.62 Å². The van der Waals surface area contributed by atoms with Gasteiger partial charge in [-0.25, -0.2) is 12.7 Å². The van der Waals surface area contributed by atoms with Crippen molar-refractivity contribution in [2.24, 2.45) is 5.92 Å². The first-order valence-corrected chi connectivity index (χ1v) is 9.03. The Morgan fingerprint density at radius 3 is 2.33 bits per heavy atom. The monoisotopic (exact) mass is 310 g/mol. The van der Waals surface area contributed by atoms with E-state index in [2.05, 4.69) is 5.32 Å². The molecule has 2 rings (SSSR count). The van der Waals surface area contributed by atoms with Gasteiger partial charge in [-0.3, -0.25) is 4.79 Å². The molecule has 0 radical (unpaired) electrons. The third-order valence-corrected chi connectivity index (χ3v) is 5.26. The lowest BCUT2D eigenvalue weighted by Crippen LogP contribution is -2.43. The molecule has 1 N–H and O–H groups in total. The molecule has 1 heterocycles. The van der Waals surface area contributed by atoms with E-state index in [0.717, 1.165) is 5.56 Å². The summed E-state index contributed by atoms with van der Waals surface area (Å²) in [5.74, 6) is -0.0892. The molecular weight excluding hydrogens is 288 g/mol. The predicted molar refractivity (Wildman–Crippen MR) is 82.1 cm³/mol. The number of piperidine rings is 1. The molecule has 116 valence electrons. The van der Waals surface area contributed by atoms with Crippen molar-refractivity contribution < 1.29 is 13.2 Å². The third kappa shape index (κ3) is 4.28. The van der Waals surface area contributed by atoms with Crippen molar-refractivity contribution in [1.29, 1.82) is 0 Å². The Hall–Kier alpha value is -1.40. The molecule has 1 atom stereocenters. The molecule has 1 aliphatic heterocycles. The summed E-state index contributed by atoms with van der Waals surface area (Å²) in [7, 11) is -3.14. The largest absolute Gasteiger partial charge is 0.349 e. The first-order valence-electron chi connectivity index (χ1n) is 7.18. The van der Waals surface area contributed by atoms with Crippen LogP contribution in [0.2, 0.25) is 0 Å². The molecule has 1 aromatic rings. The smallest absolute Gasteiger partial charge is 0.223 e. The standard InChI is InChI=1S/C15H22N2O3S/c1-12(13-6-4-3-5-7-13)16-15(18)14-8-10-17(11-9-14)21(2,19)20/h3-7,12,14H,8-11H2,1-2H3,(H,16,18). The molecule has 1 aromatic carbocycles. The Balaban J connectivity index is 1.88. The van der Waals surface area contributed by atoms with Gasteiger partial charge in [-0.15, -0.1) is 0 Å². The lowest BCUT2D eigenvalue weighted by molar-refractivity contribution is -0.126. The number of amides is 1. The van der Waals surface area contributed by atoms with Crippen molar-refractivity contribution in [3.63, 3.8) is 0 Å². The van der Waals surface area contributed by atoms with E-state index in [-0.39, 0.29) is 17.9 Å². The lowest BCUT2D eigenvalue weighted by atomic mass is 9.96. The quantitative estimate of drug-likeness (QED) is 0.917. The van der Waals surface area contributed by atoms with Crippen LogP contribution in [0.25, 0.3) is 0 Å². The van der Waals surface area contributed by atoms with Gasteiger partial charge < -0.3 is 5.32 Å². The maximum absolute atomic E-state index is 12.3. The van der Waals surface area contributed by atoms with Crippen molar-refractivity contribution in [2.45, 2.75) is 25.8 Å². The van der Waals surface area contributed by atoms with Crippen LogP contribution in [0.5, 0.6) is 0 Å². The molecule has 0 spiro atoms. The van der Waals surface area contributed by atoms with E-state index >= 15 is 0 Å². The molecule has 1 amide bonds. The minimum absolute atomic E-state index is 0.0134. The number of hydrogen-bond donors (Lipinski definition) is 1. The van der Waals surface area contributed by atoms with Crippen LogP contribution >= 0.6 is 0 Å². The van der Waals surface area contributed by atoms with E-state index in [9.17, 15) is 13.2 Å². The number of carbonyl (C=O) groups excluding carboxylic acids is 1. The SMILES string of the molecule is CC(NC(=O)C1CCN(S(C)(=O)=O)CC1)c1ccccc1. The number of rotatable bonds is 4. The van der Waals surface area contributed by atoms with Crippen LogP contribution in [0, 0.1) is 5.92 Å². The van der Waals surface area contributed by atoms with Crippen LogP contribution in [0.1, 0.15) is 31.4 Å². The summed E-state index contributed by atoms with van der Waals surface area (Å²) in [6, 6.07) is 9.77. The van der Waals surface area contributed by atoms with Crippen LogP contribution in [0.15, 0.2) is 30.3 Å². The fourth-order valence-electron chi connectivity index (χ4n) is 2.61. The molecule has 1 aliphatic rings. The zero-order valence-corrected chi connectivity index (χ0v) is 13.3. The highest BCUT2D eigenvalue weighted by atomic mass is 32.2. The Morgan fingerprint density at radius 1 is 1.24 bits per heavy atom. The number of benzene rings is 1. The Labute approximate surface area is 126 Å². The molecule has 0 aromatic heterocycles. The number of hydrogen-bond acceptors (Lipinski definition) is 3. The molecule has 1 saturated heterocycles. The maximum Gasteiger partial charge on any atom is 0.223 e. The molecule has 0 saturated carbocycles. The van der Waals surface area contributed by atoms with E-state index in [1.54, 1.807) is 0 Å². The average Bonchev–Trinajstić information content (AvgIpc) is 2.47. The fraction of sp³-hybridized carbons (Fsp3) is 0.533. The van der Waals surface area contributed by atoms with Gasteiger partial charge in [0.1, 0.15) is 0 Å². The van der Waals surface area contributed by atoms with E-state index in [1.807, 2.05) is 37.3 Å². The molecule has 21 heavy (non-hydrogen) atoms. The van der Waals surface area contributed by atoms with Gasteiger partial charge in [-0.2, -0.15) is 0 Å². The van der Waals surface area contributed by atoms with Gasteiger partial charge in [0.2, 0.25) is 15.9 Å². The summed E-state index contributed by atoms with van der Waals surface area (Å²) in [5, 5.41) is 3.01. The van der Waals surface area contributed by atoms with Gasteiger partial charge in [-0.1, -0.05) is 30.3 Å². The first kappa shape index (κ1) is 16.0. The second kappa shape index (κ2) is 6.58. The highest BCUT2D eigenvalue weighted by Gasteiger charge is 2.29. The number of carbonyl (C=O) groups is 1. The third-order valence-electron chi connectivity index (χ3n) is 3.95. The first-order chi connectivity index (χ1) is 9.88. The van der Waals surface area contributed by atoms with Crippen molar-refractivity contribution in [2.75, 3.05) is 19.3 Å². The molecule has 0 bridgehead atoms. The molecule has 5 nitrogen and oxygen atoms in total. The average molecular weight is 310 g/mol. The van der Waals surface area contributed by atoms with Crippen LogP contribution in [-0.2, 0) is 14.8 Å². The zero-order valence-electron chi connectivity index (χ0n) is 12.5. The second-order valence-electron chi connectivity index (χ2n) is 5.58. The fourth-order valence-corrected chi connectivity index (χ4v) is 3.48. The number of nitrogens with one attached hydrogen (secondary N) is 1. The van der Waals surface area contributed by atoms with Gasteiger partial charge in [0.15, 0.2) is 0 Å². The number of sulfonamides is 1. The summed E-state index contributed by atoms with van der Waals surface area (Å²) in [5.41, 5.74) is 1.07. The van der Waals surface area contributed by atoms with Gasteiger partial charge >= 0.3 is 0 Å². The highest BCUT2D eigenvalue weighted by molar-refractivity contribution is 7.88. The summed E-state index contributed by atoms with van der Waals surface area (Å²) < 4.78 is 24.3. The summed E-state index contributed by atoms with van der Waals surface area (Å²) in [4.78, 5) is 12.3. The van der Waals surface area contributed by atoms with Gasteiger partial charge in [0, 0.05) is 19.0 Å². The summed E-state index contributed by atoms with van der Waals surface area (Å²) in [6.45, 7) is 2.81.